The maximum absolute atomic E-state index is 13.6. The summed E-state index contributed by atoms with van der Waals surface area (Å²) in [5, 5.41) is 11.7. The fourth-order valence-electron chi connectivity index (χ4n) is 2.42. The van der Waals surface area contributed by atoms with Crippen LogP contribution < -0.4 is 10.1 Å². The molecule has 26 heavy (non-hydrogen) atoms. The predicted octanol–water partition coefficient (Wildman–Crippen LogP) is 1.46. The monoisotopic (exact) mass is 357 g/mol. The lowest BCUT2D eigenvalue weighted by Gasteiger charge is -2.15. The Morgan fingerprint density at radius 1 is 1.19 bits per heavy atom. The molecule has 0 saturated carbocycles. The Kier molecular flexibility index (Phi) is 5.23. The smallest absolute Gasteiger partial charge is 0.277 e. The van der Waals surface area contributed by atoms with Crippen molar-refractivity contribution in [3.63, 3.8) is 0 Å². The zero-order valence-electron chi connectivity index (χ0n) is 13.7. The summed E-state index contributed by atoms with van der Waals surface area (Å²) in [6, 6.07) is 7.42. The highest BCUT2D eigenvalue weighted by Gasteiger charge is 2.31. The number of β-amino-alcohol motifs (C(OH)–C–C–N with tert-alkyl or cyclic N) is 1. The summed E-state index contributed by atoms with van der Waals surface area (Å²) in [7, 11) is 0. The van der Waals surface area contributed by atoms with Crippen LogP contribution in [0.5, 0.6) is 5.75 Å². The minimum atomic E-state index is -0.589. The number of rotatable bonds is 7. The number of aliphatic hydroxyl groups is 1. The van der Waals surface area contributed by atoms with E-state index in [9.17, 15) is 14.0 Å². The molecule has 0 atom stereocenters. The Morgan fingerprint density at radius 2 is 1.96 bits per heavy atom. The first-order valence-corrected chi connectivity index (χ1v) is 7.85. The standard InChI is InChI=1S/C18H16FN3O4/c19-13-1-2-16(26-11-12-3-5-20-6-4-12)14(9-13)21-15-10-17(24)22(7-8-23)18(15)25/h1-6,9-10,21,23H,7-8,11H2. The number of carbonyl (C=O) groups is 2. The van der Waals surface area contributed by atoms with Gasteiger partial charge in [-0.3, -0.25) is 19.5 Å². The van der Waals surface area contributed by atoms with Gasteiger partial charge in [0.2, 0.25) is 0 Å². The van der Waals surface area contributed by atoms with E-state index in [1.165, 1.54) is 18.2 Å². The van der Waals surface area contributed by atoms with E-state index >= 15 is 0 Å². The average molecular weight is 357 g/mol. The molecule has 2 N–H and O–H groups in total. The summed E-state index contributed by atoms with van der Waals surface area (Å²) < 4.78 is 19.3. The van der Waals surface area contributed by atoms with E-state index in [4.69, 9.17) is 9.84 Å². The zero-order chi connectivity index (χ0) is 18.5. The highest BCUT2D eigenvalue weighted by Crippen LogP contribution is 2.29. The second kappa shape index (κ2) is 7.75. The molecule has 134 valence electrons. The van der Waals surface area contributed by atoms with E-state index in [0.29, 0.717) is 5.75 Å². The lowest BCUT2D eigenvalue weighted by molar-refractivity contribution is -0.137. The largest absolute Gasteiger partial charge is 0.487 e. The first-order valence-electron chi connectivity index (χ1n) is 7.85. The molecule has 0 aliphatic carbocycles. The molecule has 0 bridgehead atoms. The quantitative estimate of drug-likeness (QED) is 0.729. The molecule has 7 nitrogen and oxygen atoms in total. The van der Waals surface area contributed by atoms with E-state index < -0.39 is 17.6 Å². The van der Waals surface area contributed by atoms with Gasteiger partial charge in [-0.25, -0.2) is 4.39 Å². The molecule has 1 aliphatic heterocycles. The second-order valence-electron chi connectivity index (χ2n) is 5.49. The van der Waals surface area contributed by atoms with Gasteiger partial charge in [0.15, 0.2) is 0 Å². The number of pyridine rings is 1. The second-order valence-corrected chi connectivity index (χ2v) is 5.49. The fraction of sp³-hybridized carbons (Fsp3) is 0.167. The molecule has 2 aromatic rings. The number of hydrogen-bond donors (Lipinski definition) is 2. The highest BCUT2D eigenvalue weighted by molar-refractivity contribution is 6.17. The van der Waals surface area contributed by atoms with Gasteiger partial charge in [0.25, 0.3) is 11.8 Å². The number of imide groups is 1. The maximum Gasteiger partial charge on any atom is 0.277 e. The molecule has 0 radical (unpaired) electrons. The molecule has 1 aliphatic rings. The SMILES string of the molecule is O=C1C=C(Nc2cc(F)ccc2OCc2ccncc2)C(=O)N1CCO. The molecule has 3 rings (SSSR count). The van der Waals surface area contributed by atoms with E-state index in [1.807, 2.05) is 0 Å². The molecule has 0 unspecified atom stereocenters. The summed E-state index contributed by atoms with van der Waals surface area (Å²) in [5.74, 6) is -1.33. The lowest BCUT2D eigenvalue weighted by atomic mass is 10.2. The van der Waals surface area contributed by atoms with Gasteiger partial charge in [-0.15, -0.1) is 0 Å². The molecule has 0 fully saturated rings. The van der Waals surface area contributed by atoms with E-state index in [0.717, 1.165) is 16.5 Å². The molecule has 2 heterocycles. The number of anilines is 1. The number of nitrogens with zero attached hydrogens (tertiary/aromatic N) is 2. The number of carbonyl (C=O) groups excluding carboxylic acids is 2. The minimum Gasteiger partial charge on any atom is -0.487 e. The summed E-state index contributed by atoms with van der Waals surface area (Å²) >= 11 is 0. The summed E-state index contributed by atoms with van der Waals surface area (Å²) in [4.78, 5) is 28.8. The van der Waals surface area contributed by atoms with Gasteiger partial charge in [0.05, 0.1) is 18.8 Å². The van der Waals surface area contributed by atoms with Crippen molar-refractivity contribution in [2.75, 3.05) is 18.5 Å². The van der Waals surface area contributed by atoms with Crippen LogP contribution in [-0.4, -0.2) is 40.0 Å². The van der Waals surface area contributed by atoms with Crippen LogP contribution in [-0.2, 0) is 16.2 Å². The fourth-order valence-corrected chi connectivity index (χ4v) is 2.42. The Labute approximate surface area is 148 Å². The van der Waals surface area contributed by atoms with Crippen LogP contribution in [0.1, 0.15) is 5.56 Å². The Bertz CT molecular complexity index is 855. The number of benzene rings is 1. The molecule has 8 heteroatoms. The lowest BCUT2D eigenvalue weighted by Crippen LogP contribution is -2.34. The third-order valence-electron chi connectivity index (χ3n) is 3.69. The van der Waals surface area contributed by atoms with Gasteiger partial charge in [-0.2, -0.15) is 0 Å². The van der Waals surface area contributed by atoms with Crippen LogP contribution in [0.3, 0.4) is 0 Å². The van der Waals surface area contributed by atoms with Gasteiger partial charge < -0.3 is 15.2 Å². The van der Waals surface area contributed by atoms with Crippen molar-refractivity contribution in [1.29, 1.82) is 0 Å². The Hall–Kier alpha value is -3.26. The summed E-state index contributed by atoms with van der Waals surface area (Å²) in [6.45, 7) is -0.210. The number of halogens is 1. The van der Waals surface area contributed by atoms with Crippen molar-refractivity contribution in [3.8, 4) is 5.75 Å². The third-order valence-corrected chi connectivity index (χ3v) is 3.69. The van der Waals surface area contributed by atoms with Gasteiger partial charge in [-0.05, 0) is 29.8 Å². The molecule has 2 amide bonds. The van der Waals surface area contributed by atoms with E-state index in [1.54, 1.807) is 24.5 Å². The highest BCUT2D eigenvalue weighted by atomic mass is 19.1. The first kappa shape index (κ1) is 17.6. The number of amides is 2. The topological polar surface area (TPSA) is 91.8 Å². The van der Waals surface area contributed by atoms with Gasteiger partial charge in [0.1, 0.15) is 23.9 Å². The summed E-state index contributed by atoms with van der Waals surface area (Å²) in [6.07, 6.45) is 4.37. The van der Waals surface area contributed by atoms with Gasteiger partial charge >= 0.3 is 0 Å². The van der Waals surface area contributed by atoms with Crippen molar-refractivity contribution in [3.05, 3.63) is 65.9 Å². The normalized spacial score (nSPS) is 13.8. The number of hydrogen-bond acceptors (Lipinski definition) is 6. The van der Waals surface area contributed by atoms with Crippen LogP contribution in [0, 0.1) is 5.82 Å². The van der Waals surface area contributed by atoms with Crippen molar-refractivity contribution in [1.82, 2.24) is 9.88 Å². The molecule has 1 aromatic heterocycles. The molecule has 1 aromatic carbocycles. The molecule has 0 saturated heterocycles. The van der Waals surface area contributed by atoms with Crippen molar-refractivity contribution < 1.29 is 23.8 Å². The minimum absolute atomic E-state index is 0.0113. The van der Waals surface area contributed by atoms with E-state index in [2.05, 4.69) is 10.3 Å². The molecular formula is C18H16FN3O4. The van der Waals surface area contributed by atoms with Crippen molar-refractivity contribution >= 4 is 17.5 Å². The summed E-state index contributed by atoms with van der Waals surface area (Å²) in [5.41, 5.74) is 1.08. The van der Waals surface area contributed by atoms with Crippen LogP contribution in [0.4, 0.5) is 10.1 Å². The van der Waals surface area contributed by atoms with Crippen LogP contribution in [0.25, 0.3) is 0 Å². The van der Waals surface area contributed by atoms with Crippen LogP contribution in [0.2, 0.25) is 0 Å². The van der Waals surface area contributed by atoms with Gasteiger partial charge in [0, 0.05) is 24.5 Å². The molecule has 0 spiro atoms. The molecular weight excluding hydrogens is 341 g/mol. The van der Waals surface area contributed by atoms with Crippen molar-refractivity contribution in [2.24, 2.45) is 0 Å². The number of aromatic nitrogens is 1. The number of ether oxygens (including phenoxy) is 1. The number of nitrogens with one attached hydrogen (secondary N) is 1. The Morgan fingerprint density at radius 3 is 2.69 bits per heavy atom. The predicted molar refractivity (Wildman–Crippen MR) is 90.5 cm³/mol. The van der Waals surface area contributed by atoms with Crippen molar-refractivity contribution in [2.45, 2.75) is 6.61 Å². The van der Waals surface area contributed by atoms with Crippen LogP contribution >= 0.6 is 0 Å². The Balaban J connectivity index is 1.77. The van der Waals surface area contributed by atoms with E-state index in [-0.39, 0.29) is 31.1 Å². The maximum atomic E-state index is 13.6. The first-order chi connectivity index (χ1) is 12.6. The zero-order valence-corrected chi connectivity index (χ0v) is 13.7. The number of aliphatic hydroxyl groups excluding tert-OH is 1. The van der Waals surface area contributed by atoms with Gasteiger partial charge in [-0.1, -0.05) is 0 Å². The third kappa shape index (κ3) is 3.86. The average Bonchev–Trinajstić information content (AvgIpc) is 2.90. The van der Waals surface area contributed by atoms with Crippen LogP contribution in [0.15, 0.2) is 54.5 Å².